The van der Waals surface area contributed by atoms with E-state index >= 15 is 0 Å². The molecule has 4 nitrogen and oxygen atoms in total. The van der Waals surface area contributed by atoms with Crippen LogP contribution in [0.2, 0.25) is 0 Å². The Morgan fingerprint density at radius 3 is 2.94 bits per heavy atom. The number of alkyl halides is 1. The number of ether oxygens (including phenoxy) is 1. The molecule has 0 aliphatic carbocycles. The maximum Gasteiger partial charge on any atom is 0.266 e. The molecule has 0 unspecified atom stereocenters. The number of carbonyl (C=O) groups excluding carboxylic acids is 1. The van der Waals surface area contributed by atoms with Gasteiger partial charge < -0.3 is 4.74 Å². The molecule has 0 spiro atoms. The van der Waals surface area contributed by atoms with E-state index in [4.69, 9.17) is 10.6 Å². The number of nitrogens with one attached hydrogen (secondary N) is 1. The molecule has 1 rings (SSSR count). The van der Waals surface area contributed by atoms with Crippen molar-refractivity contribution in [2.75, 3.05) is 12.4 Å². The van der Waals surface area contributed by atoms with E-state index in [9.17, 15) is 4.79 Å². The van der Waals surface area contributed by atoms with E-state index in [-0.39, 0.29) is 5.91 Å². The van der Waals surface area contributed by atoms with E-state index in [0.29, 0.717) is 16.9 Å². The highest BCUT2D eigenvalue weighted by Gasteiger charge is 2.10. The molecule has 0 fully saturated rings. The first-order valence-corrected chi connectivity index (χ1v) is 6.09. The maximum absolute atomic E-state index is 11.6. The smallest absolute Gasteiger partial charge is 0.266 e. The Balaban J connectivity index is 3.12. The molecule has 5 heteroatoms. The van der Waals surface area contributed by atoms with Crippen LogP contribution in [0.25, 0.3) is 0 Å². The lowest BCUT2D eigenvalue weighted by molar-refractivity contribution is 0.0953. The van der Waals surface area contributed by atoms with Crippen LogP contribution in [0.5, 0.6) is 5.75 Å². The summed E-state index contributed by atoms with van der Waals surface area (Å²) in [6, 6.07) is 5.11. The first kappa shape index (κ1) is 13.6. The second kappa shape index (κ2) is 6.94. The van der Waals surface area contributed by atoms with Crippen molar-refractivity contribution >= 4 is 21.8 Å². The standard InChI is InChI=1S/C12H13BrN2O2/c1-17-10-6-5-9(4-2-3-7-13)11(8-10)12(16)15-14/h5-6,8H,3,7,14H2,1H3,(H,15,16). The summed E-state index contributed by atoms with van der Waals surface area (Å²) >= 11 is 3.29. The van der Waals surface area contributed by atoms with Crippen LogP contribution in [0.4, 0.5) is 0 Å². The molecule has 0 radical (unpaired) electrons. The lowest BCUT2D eigenvalue weighted by Gasteiger charge is -2.05. The summed E-state index contributed by atoms with van der Waals surface area (Å²) in [7, 11) is 1.54. The van der Waals surface area contributed by atoms with Gasteiger partial charge in [0.25, 0.3) is 5.91 Å². The average molecular weight is 297 g/mol. The Bertz CT molecular complexity index is 463. The molecule has 1 aromatic rings. The highest BCUT2D eigenvalue weighted by molar-refractivity contribution is 9.09. The third-order valence-corrected chi connectivity index (χ3v) is 2.44. The molecule has 0 heterocycles. The van der Waals surface area contributed by atoms with Crippen LogP contribution >= 0.6 is 15.9 Å². The SMILES string of the molecule is COc1ccc(C#CCCBr)c(C(=O)NN)c1. The number of benzene rings is 1. The Kier molecular flexibility index (Phi) is 5.53. The van der Waals surface area contributed by atoms with Crippen molar-refractivity contribution in [3.05, 3.63) is 29.3 Å². The van der Waals surface area contributed by atoms with Gasteiger partial charge in [-0.2, -0.15) is 0 Å². The summed E-state index contributed by atoms with van der Waals surface area (Å²) in [4.78, 5) is 11.6. The zero-order valence-electron chi connectivity index (χ0n) is 9.42. The molecule has 0 atom stereocenters. The summed E-state index contributed by atoms with van der Waals surface area (Å²) in [5.41, 5.74) is 3.14. The quantitative estimate of drug-likeness (QED) is 0.292. The van der Waals surface area contributed by atoms with Crippen molar-refractivity contribution in [3.63, 3.8) is 0 Å². The molecule has 1 aromatic carbocycles. The number of nitrogen functional groups attached to an aromatic ring is 1. The summed E-state index contributed by atoms with van der Waals surface area (Å²) < 4.78 is 5.05. The van der Waals surface area contributed by atoms with Crippen LogP contribution in [0.1, 0.15) is 22.3 Å². The van der Waals surface area contributed by atoms with Crippen LogP contribution in [0.15, 0.2) is 18.2 Å². The summed E-state index contributed by atoms with van der Waals surface area (Å²) in [5.74, 6) is 11.2. The third-order valence-electron chi connectivity index (χ3n) is 2.05. The lowest BCUT2D eigenvalue weighted by atomic mass is 10.1. The largest absolute Gasteiger partial charge is 0.497 e. The van der Waals surface area contributed by atoms with Gasteiger partial charge in [0.15, 0.2) is 0 Å². The number of hydrazine groups is 1. The fourth-order valence-corrected chi connectivity index (χ4v) is 1.43. The highest BCUT2D eigenvalue weighted by atomic mass is 79.9. The number of halogens is 1. The lowest BCUT2D eigenvalue weighted by Crippen LogP contribution is -2.30. The van der Waals surface area contributed by atoms with E-state index in [1.54, 1.807) is 18.2 Å². The third kappa shape index (κ3) is 3.77. The minimum absolute atomic E-state index is 0.382. The van der Waals surface area contributed by atoms with E-state index in [0.717, 1.165) is 11.8 Å². The number of carbonyl (C=O) groups is 1. The van der Waals surface area contributed by atoms with Crippen molar-refractivity contribution in [2.45, 2.75) is 6.42 Å². The number of nitrogens with two attached hydrogens (primary N) is 1. The van der Waals surface area contributed by atoms with Crippen molar-refractivity contribution in [1.29, 1.82) is 0 Å². The summed E-state index contributed by atoms with van der Waals surface area (Å²) in [5, 5.41) is 0.800. The molecule has 17 heavy (non-hydrogen) atoms. The van der Waals surface area contributed by atoms with Gasteiger partial charge in [-0.15, -0.1) is 0 Å². The molecule has 90 valence electrons. The van der Waals surface area contributed by atoms with Gasteiger partial charge in [0.2, 0.25) is 0 Å². The van der Waals surface area contributed by atoms with Crippen molar-refractivity contribution in [3.8, 4) is 17.6 Å². The van der Waals surface area contributed by atoms with Gasteiger partial charge >= 0.3 is 0 Å². The molecular weight excluding hydrogens is 284 g/mol. The van der Waals surface area contributed by atoms with Gasteiger partial charge in [-0.3, -0.25) is 10.2 Å². The minimum Gasteiger partial charge on any atom is -0.497 e. The number of rotatable bonds is 3. The molecule has 0 saturated carbocycles. The van der Waals surface area contributed by atoms with Crippen LogP contribution in [0, 0.1) is 11.8 Å². The monoisotopic (exact) mass is 296 g/mol. The topological polar surface area (TPSA) is 64.3 Å². The highest BCUT2D eigenvalue weighted by Crippen LogP contribution is 2.17. The summed E-state index contributed by atoms with van der Waals surface area (Å²) in [6.45, 7) is 0. The van der Waals surface area contributed by atoms with Gasteiger partial charge in [-0.1, -0.05) is 27.8 Å². The van der Waals surface area contributed by atoms with Crippen LogP contribution in [0.3, 0.4) is 0 Å². The van der Waals surface area contributed by atoms with E-state index in [2.05, 4.69) is 33.2 Å². The second-order valence-corrected chi connectivity index (χ2v) is 3.92. The zero-order chi connectivity index (χ0) is 12.7. The molecule has 1 amide bonds. The van der Waals surface area contributed by atoms with Gasteiger partial charge in [-0.05, 0) is 18.2 Å². The van der Waals surface area contributed by atoms with Gasteiger partial charge in [0.1, 0.15) is 5.75 Å². The molecule has 0 aromatic heterocycles. The minimum atomic E-state index is -0.382. The first-order chi connectivity index (χ1) is 8.22. The first-order valence-electron chi connectivity index (χ1n) is 4.96. The van der Waals surface area contributed by atoms with Gasteiger partial charge in [0, 0.05) is 17.3 Å². The molecular formula is C12H13BrN2O2. The Morgan fingerprint density at radius 2 is 2.35 bits per heavy atom. The Labute approximate surface area is 109 Å². The van der Waals surface area contributed by atoms with Gasteiger partial charge in [0.05, 0.1) is 12.7 Å². The van der Waals surface area contributed by atoms with Gasteiger partial charge in [-0.25, -0.2) is 5.84 Å². The predicted molar refractivity (Wildman–Crippen MR) is 69.9 cm³/mol. The van der Waals surface area contributed by atoms with Crippen molar-refractivity contribution < 1.29 is 9.53 Å². The average Bonchev–Trinajstić information content (AvgIpc) is 2.38. The van der Waals surface area contributed by atoms with Crippen LogP contribution in [-0.2, 0) is 0 Å². The predicted octanol–water partition coefficient (Wildman–Crippen LogP) is 1.44. The zero-order valence-corrected chi connectivity index (χ0v) is 11.0. The fourth-order valence-electron chi connectivity index (χ4n) is 1.23. The Morgan fingerprint density at radius 1 is 1.59 bits per heavy atom. The molecule has 0 saturated heterocycles. The molecule has 0 aliphatic heterocycles. The fraction of sp³-hybridized carbons (Fsp3) is 0.250. The maximum atomic E-state index is 11.6. The second-order valence-electron chi connectivity index (χ2n) is 3.13. The molecule has 0 bridgehead atoms. The van der Waals surface area contributed by atoms with Crippen LogP contribution < -0.4 is 16.0 Å². The number of hydrogen-bond acceptors (Lipinski definition) is 3. The van der Waals surface area contributed by atoms with E-state index < -0.39 is 0 Å². The number of hydrogen-bond donors (Lipinski definition) is 2. The molecule has 3 N–H and O–H groups in total. The van der Waals surface area contributed by atoms with Crippen molar-refractivity contribution in [2.24, 2.45) is 5.84 Å². The molecule has 0 aliphatic rings. The normalized spacial score (nSPS) is 9.12. The van der Waals surface area contributed by atoms with Crippen molar-refractivity contribution in [1.82, 2.24) is 5.43 Å². The van der Waals surface area contributed by atoms with E-state index in [1.165, 1.54) is 7.11 Å². The summed E-state index contributed by atoms with van der Waals surface area (Å²) in [6.07, 6.45) is 0.718. The number of amides is 1. The van der Waals surface area contributed by atoms with E-state index in [1.807, 2.05) is 0 Å². The van der Waals surface area contributed by atoms with Crippen LogP contribution in [-0.4, -0.2) is 18.3 Å². The Hall–Kier alpha value is -1.51. The number of methoxy groups -OCH3 is 1.